The molecular weight excluding hydrogens is 152 g/mol. The molecule has 0 aliphatic heterocycles. The highest BCUT2D eigenvalue weighted by molar-refractivity contribution is 5.88. The second-order valence-electron chi connectivity index (χ2n) is 2.51. The molecule has 0 aliphatic carbocycles. The quantitative estimate of drug-likeness (QED) is 0.366. The van der Waals surface area contributed by atoms with Crippen LogP contribution in [0.25, 0.3) is 0 Å². The van der Waals surface area contributed by atoms with Crippen LogP contribution in [0.5, 0.6) is 0 Å². The molecule has 0 bridgehead atoms. The summed E-state index contributed by atoms with van der Waals surface area (Å²) in [6, 6.07) is 0. The van der Waals surface area contributed by atoms with E-state index in [4.69, 9.17) is 4.74 Å². The second kappa shape index (κ2) is 6.65. The molecule has 0 N–H and O–H groups in total. The predicted molar refractivity (Wildman–Crippen MR) is 49.8 cm³/mol. The normalized spacial score (nSPS) is 12.1. The van der Waals surface area contributed by atoms with Gasteiger partial charge in [-0.25, -0.2) is 4.79 Å². The maximum Gasteiger partial charge on any atom is 0.333 e. The fraction of sp³-hybridized carbons (Fsp3) is 0.500. The van der Waals surface area contributed by atoms with E-state index in [1.807, 2.05) is 26.0 Å². The van der Waals surface area contributed by atoms with Crippen molar-refractivity contribution in [2.24, 2.45) is 0 Å². The van der Waals surface area contributed by atoms with Crippen LogP contribution in [0, 0.1) is 0 Å². The summed E-state index contributed by atoms with van der Waals surface area (Å²) < 4.78 is 4.91. The van der Waals surface area contributed by atoms with E-state index < -0.39 is 0 Å². The molecule has 0 aromatic carbocycles. The van der Waals surface area contributed by atoms with Gasteiger partial charge in [-0.15, -0.1) is 0 Å². The largest absolute Gasteiger partial charge is 0.462 e. The first-order chi connectivity index (χ1) is 5.72. The first-order valence-corrected chi connectivity index (χ1v) is 4.19. The fourth-order valence-corrected chi connectivity index (χ4v) is 0.617. The molecule has 0 spiro atoms. The zero-order valence-electron chi connectivity index (χ0n) is 7.96. The van der Waals surface area contributed by atoms with Crippen molar-refractivity contribution in [2.45, 2.75) is 27.2 Å². The monoisotopic (exact) mass is 168 g/mol. The van der Waals surface area contributed by atoms with Gasteiger partial charge in [-0.05, 0) is 20.3 Å². The Labute approximate surface area is 73.9 Å². The maximum atomic E-state index is 11.1. The van der Waals surface area contributed by atoms with Crippen LogP contribution >= 0.6 is 0 Å². The van der Waals surface area contributed by atoms with E-state index in [2.05, 4.69) is 0 Å². The van der Waals surface area contributed by atoms with Crippen LogP contribution in [-0.2, 0) is 9.53 Å². The predicted octanol–water partition coefficient (Wildman–Crippen LogP) is 2.46. The van der Waals surface area contributed by atoms with E-state index in [0.29, 0.717) is 12.2 Å². The van der Waals surface area contributed by atoms with Crippen LogP contribution in [0.15, 0.2) is 23.8 Å². The highest BCUT2D eigenvalue weighted by atomic mass is 16.5. The molecule has 2 nitrogen and oxygen atoms in total. The molecule has 68 valence electrons. The number of carbonyl (C=O) groups is 1. The van der Waals surface area contributed by atoms with Crippen molar-refractivity contribution < 1.29 is 9.53 Å². The standard InChI is InChI=1S/C10H16O2/c1-4-6-7-9(3)10(11)12-8-5-2/h4,6-7H,5,8H2,1-3H3. The van der Waals surface area contributed by atoms with Gasteiger partial charge in [0, 0.05) is 5.57 Å². The topological polar surface area (TPSA) is 26.3 Å². The van der Waals surface area contributed by atoms with Crippen molar-refractivity contribution in [3.05, 3.63) is 23.8 Å². The Kier molecular flexibility index (Phi) is 6.07. The van der Waals surface area contributed by atoms with Crippen molar-refractivity contribution in [2.75, 3.05) is 6.61 Å². The molecular formula is C10H16O2. The Hall–Kier alpha value is -1.05. The number of hydrogen-bond donors (Lipinski definition) is 0. The SMILES string of the molecule is CC=CC=C(C)C(=O)OCCC. The number of esters is 1. The highest BCUT2D eigenvalue weighted by Crippen LogP contribution is 1.97. The lowest BCUT2D eigenvalue weighted by molar-refractivity contribution is -0.138. The van der Waals surface area contributed by atoms with Crippen molar-refractivity contribution in [3.8, 4) is 0 Å². The summed E-state index contributed by atoms with van der Waals surface area (Å²) in [5, 5.41) is 0. The highest BCUT2D eigenvalue weighted by Gasteiger charge is 2.02. The third kappa shape index (κ3) is 4.72. The molecule has 0 aromatic heterocycles. The van der Waals surface area contributed by atoms with E-state index in [0.717, 1.165) is 6.42 Å². The molecule has 0 fully saturated rings. The van der Waals surface area contributed by atoms with Gasteiger partial charge < -0.3 is 4.74 Å². The summed E-state index contributed by atoms with van der Waals surface area (Å²) in [6.45, 7) is 6.12. The zero-order chi connectivity index (χ0) is 9.40. The molecule has 0 unspecified atom stereocenters. The average Bonchev–Trinajstić information content (AvgIpc) is 2.10. The van der Waals surface area contributed by atoms with Gasteiger partial charge in [-0.1, -0.05) is 25.2 Å². The number of hydrogen-bond acceptors (Lipinski definition) is 2. The summed E-state index contributed by atoms with van der Waals surface area (Å²) in [5.74, 6) is -0.227. The van der Waals surface area contributed by atoms with Gasteiger partial charge in [0.25, 0.3) is 0 Å². The van der Waals surface area contributed by atoms with E-state index in [1.165, 1.54) is 0 Å². The van der Waals surface area contributed by atoms with Crippen molar-refractivity contribution in [1.29, 1.82) is 0 Å². The van der Waals surface area contributed by atoms with E-state index in [9.17, 15) is 4.79 Å². The van der Waals surface area contributed by atoms with Crippen molar-refractivity contribution >= 4 is 5.97 Å². The van der Waals surface area contributed by atoms with Crippen LogP contribution in [0.4, 0.5) is 0 Å². The zero-order valence-corrected chi connectivity index (χ0v) is 7.96. The molecule has 0 amide bonds. The minimum atomic E-state index is -0.227. The van der Waals surface area contributed by atoms with Crippen LogP contribution in [0.3, 0.4) is 0 Å². The Morgan fingerprint density at radius 2 is 2.17 bits per heavy atom. The summed E-state index contributed by atoms with van der Waals surface area (Å²) in [7, 11) is 0. The van der Waals surface area contributed by atoms with E-state index in [1.54, 1.807) is 13.0 Å². The van der Waals surface area contributed by atoms with Gasteiger partial charge in [0.1, 0.15) is 0 Å². The Balaban J connectivity index is 3.92. The third-order valence-corrected chi connectivity index (χ3v) is 1.30. The smallest absolute Gasteiger partial charge is 0.333 e. The molecule has 0 radical (unpaired) electrons. The molecule has 0 rings (SSSR count). The summed E-state index contributed by atoms with van der Waals surface area (Å²) in [4.78, 5) is 11.1. The minimum Gasteiger partial charge on any atom is -0.462 e. The van der Waals surface area contributed by atoms with Gasteiger partial charge in [0.15, 0.2) is 0 Å². The van der Waals surface area contributed by atoms with Gasteiger partial charge in [-0.3, -0.25) is 0 Å². The Morgan fingerprint density at radius 3 is 2.67 bits per heavy atom. The fourth-order valence-electron chi connectivity index (χ4n) is 0.617. The lowest BCUT2D eigenvalue weighted by atomic mass is 10.3. The van der Waals surface area contributed by atoms with Crippen molar-refractivity contribution in [1.82, 2.24) is 0 Å². The third-order valence-electron chi connectivity index (χ3n) is 1.30. The van der Waals surface area contributed by atoms with E-state index in [-0.39, 0.29) is 5.97 Å². The van der Waals surface area contributed by atoms with Crippen molar-refractivity contribution in [3.63, 3.8) is 0 Å². The minimum absolute atomic E-state index is 0.227. The number of allylic oxidation sites excluding steroid dienone is 3. The number of rotatable bonds is 4. The molecule has 0 atom stereocenters. The summed E-state index contributed by atoms with van der Waals surface area (Å²) in [5.41, 5.74) is 0.640. The average molecular weight is 168 g/mol. The Bertz CT molecular complexity index is 190. The first-order valence-electron chi connectivity index (χ1n) is 4.19. The molecule has 0 saturated heterocycles. The molecule has 0 heterocycles. The van der Waals surface area contributed by atoms with Gasteiger partial charge in [0.2, 0.25) is 0 Å². The van der Waals surface area contributed by atoms with Crippen LogP contribution in [0.1, 0.15) is 27.2 Å². The number of carbonyl (C=O) groups excluding carboxylic acids is 1. The van der Waals surface area contributed by atoms with Crippen LogP contribution in [0.2, 0.25) is 0 Å². The van der Waals surface area contributed by atoms with Gasteiger partial charge >= 0.3 is 5.97 Å². The number of ether oxygens (including phenoxy) is 1. The molecule has 12 heavy (non-hydrogen) atoms. The summed E-state index contributed by atoms with van der Waals surface area (Å²) in [6.07, 6.45) is 6.31. The van der Waals surface area contributed by atoms with Gasteiger partial charge in [-0.2, -0.15) is 0 Å². The van der Waals surface area contributed by atoms with Crippen LogP contribution < -0.4 is 0 Å². The lowest BCUT2D eigenvalue weighted by Crippen LogP contribution is -2.05. The molecule has 0 aromatic rings. The van der Waals surface area contributed by atoms with Crippen LogP contribution in [-0.4, -0.2) is 12.6 Å². The lowest BCUT2D eigenvalue weighted by Gasteiger charge is -2.01. The first kappa shape index (κ1) is 11.0. The Morgan fingerprint density at radius 1 is 1.50 bits per heavy atom. The van der Waals surface area contributed by atoms with Gasteiger partial charge in [0.05, 0.1) is 6.61 Å². The van der Waals surface area contributed by atoms with E-state index >= 15 is 0 Å². The maximum absolute atomic E-state index is 11.1. The molecule has 0 saturated carbocycles. The summed E-state index contributed by atoms with van der Waals surface area (Å²) >= 11 is 0. The molecule has 0 aliphatic rings. The second-order valence-corrected chi connectivity index (χ2v) is 2.51. The molecule has 2 heteroatoms.